The van der Waals surface area contributed by atoms with Gasteiger partial charge >= 0.3 is 0 Å². The van der Waals surface area contributed by atoms with Gasteiger partial charge in [-0.05, 0) is 19.3 Å². The molecule has 0 aromatic heterocycles. The molecule has 0 unspecified atom stereocenters. The molecular formula is C18H35N3O3. The number of hydrogen-bond donors (Lipinski definition) is 2. The number of carbonyl (C=O) groups is 3. The van der Waals surface area contributed by atoms with Gasteiger partial charge in [0.1, 0.15) is 13.1 Å². The molecule has 0 radical (unpaired) electrons. The second-order valence-corrected chi connectivity index (χ2v) is 6.11. The minimum atomic E-state index is -0.200. The van der Waals surface area contributed by atoms with E-state index in [1.54, 1.807) is 0 Å². The average molecular weight is 341 g/mol. The predicted octanol–water partition coefficient (Wildman–Crippen LogP) is 2.23. The van der Waals surface area contributed by atoms with Crippen LogP contribution in [0.3, 0.4) is 0 Å². The van der Waals surface area contributed by atoms with Crippen molar-refractivity contribution in [1.82, 2.24) is 15.5 Å². The maximum atomic E-state index is 12.1. The van der Waals surface area contributed by atoms with E-state index in [-0.39, 0.29) is 30.8 Å². The Hall–Kier alpha value is -1.59. The van der Waals surface area contributed by atoms with Gasteiger partial charge < -0.3 is 15.5 Å². The van der Waals surface area contributed by atoms with Crippen LogP contribution in [0.5, 0.6) is 0 Å². The van der Waals surface area contributed by atoms with Gasteiger partial charge in [-0.25, -0.2) is 0 Å². The maximum Gasteiger partial charge on any atom is 0.239 e. The first-order chi connectivity index (χ1) is 11.5. The topological polar surface area (TPSA) is 78.5 Å². The number of amides is 3. The molecule has 3 amide bonds. The van der Waals surface area contributed by atoms with E-state index in [0.717, 1.165) is 38.5 Å². The van der Waals surface area contributed by atoms with Crippen LogP contribution in [0.2, 0.25) is 0 Å². The van der Waals surface area contributed by atoms with Crippen molar-refractivity contribution in [2.75, 3.05) is 26.2 Å². The smallest absolute Gasteiger partial charge is 0.239 e. The Labute approximate surface area is 146 Å². The van der Waals surface area contributed by atoms with Gasteiger partial charge in [0, 0.05) is 19.5 Å². The summed E-state index contributed by atoms with van der Waals surface area (Å²) in [7, 11) is 0. The Morgan fingerprint density at radius 1 is 0.708 bits per heavy atom. The quantitative estimate of drug-likeness (QED) is 0.476. The van der Waals surface area contributed by atoms with E-state index in [0.29, 0.717) is 25.9 Å². The predicted molar refractivity (Wildman–Crippen MR) is 96.6 cm³/mol. The lowest BCUT2D eigenvalue weighted by Gasteiger charge is -2.21. The fraction of sp³-hybridized carbons (Fsp3) is 0.833. The number of nitrogens with one attached hydrogen (secondary N) is 2. The Morgan fingerprint density at radius 3 is 1.54 bits per heavy atom. The largest absolute Gasteiger partial charge is 0.355 e. The van der Waals surface area contributed by atoms with Crippen molar-refractivity contribution < 1.29 is 14.4 Å². The lowest BCUT2D eigenvalue weighted by Crippen LogP contribution is -2.46. The first-order valence-corrected chi connectivity index (χ1v) is 9.36. The summed E-state index contributed by atoms with van der Waals surface area (Å²) in [6.45, 7) is 7.25. The molecule has 0 aliphatic rings. The molecule has 0 aliphatic carbocycles. The average Bonchev–Trinajstić information content (AvgIpc) is 2.55. The normalized spacial score (nSPS) is 10.3. The molecule has 0 aromatic rings. The number of rotatable bonds is 14. The molecule has 6 heteroatoms. The Kier molecular flexibility index (Phi) is 14.0. The van der Waals surface area contributed by atoms with Crippen molar-refractivity contribution in [3.63, 3.8) is 0 Å². The van der Waals surface area contributed by atoms with Crippen LogP contribution in [0.4, 0.5) is 0 Å². The SMILES string of the molecule is CCCCCNC(=O)CN(CC(=O)NCCCCC)C(=O)CCC. The Morgan fingerprint density at radius 2 is 1.17 bits per heavy atom. The van der Waals surface area contributed by atoms with Crippen molar-refractivity contribution in [3.05, 3.63) is 0 Å². The Bertz CT molecular complexity index is 347. The monoisotopic (exact) mass is 341 g/mol. The molecule has 0 heterocycles. The van der Waals surface area contributed by atoms with Crippen LogP contribution in [0.15, 0.2) is 0 Å². The van der Waals surface area contributed by atoms with Crippen molar-refractivity contribution in [1.29, 1.82) is 0 Å². The summed E-state index contributed by atoms with van der Waals surface area (Å²) in [4.78, 5) is 37.4. The third-order valence-electron chi connectivity index (χ3n) is 3.69. The van der Waals surface area contributed by atoms with Gasteiger partial charge in [-0.15, -0.1) is 0 Å². The highest BCUT2D eigenvalue weighted by atomic mass is 16.2. The van der Waals surface area contributed by atoms with E-state index in [9.17, 15) is 14.4 Å². The summed E-state index contributed by atoms with van der Waals surface area (Å²) in [6.07, 6.45) is 7.24. The molecule has 0 aromatic carbocycles. The van der Waals surface area contributed by atoms with E-state index in [4.69, 9.17) is 0 Å². The van der Waals surface area contributed by atoms with Crippen LogP contribution in [0.25, 0.3) is 0 Å². The fourth-order valence-corrected chi connectivity index (χ4v) is 2.27. The molecule has 0 saturated carbocycles. The van der Waals surface area contributed by atoms with Crippen molar-refractivity contribution >= 4 is 17.7 Å². The van der Waals surface area contributed by atoms with E-state index in [1.807, 2.05) is 6.92 Å². The molecule has 0 saturated heterocycles. The summed E-state index contributed by atoms with van der Waals surface area (Å²) in [5, 5.41) is 5.63. The second kappa shape index (κ2) is 15.0. The zero-order chi connectivity index (χ0) is 18.2. The highest BCUT2D eigenvalue weighted by molar-refractivity contribution is 5.89. The van der Waals surface area contributed by atoms with Crippen LogP contribution in [0, 0.1) is 0 Å². The molecule has 0 atom stereocenters. The number of nitrogens with zero attached hydrogens (tertiary/aromatic N) is 1. The minimum Gasteiger partial charge on any atom is -0.355 e. The third-order valence-corrected chi connectivity index (χ3v) is 3.69. The van der Waals surface area contributed by atoms with Crippen molar-refractivity contribution in [2.45, 2.75) is 72.1 Å². The third kappa shape index (κ3) is 11.9. The van der Waals surface area contributed by atoms with Crippen LogP contribution in [-0.4, -0.2) is 48.8 Å². The zero-order valence-electron chi connectivity index (χ0n) is 15.7. The van der Waals surface area contributed by atoms with Crippen LogP contribution >= 0.6 is 0 Å². The van der Waals surface area contributed by atoms with Gasteiger partial charge in [0.25, 0.3) is 0 Å². The van der Waals surface area contributed by atoms with Crippen LogP contribution in [0.1, 0.15) is 72.1 Å². The molecule has 0 fully saturated rings. The summed E-state index contributed by atoms with van der Waals surface area (Å²) < 4.78 is 0. The first kappa shape index (κ1) is 22.4. The van der Waals surface area contributed by atoms with E-state index in [1.165, 1.54) is 4.90 Å². The highest BCUT2D eigenvalue weighted by Crippen LogP contribution is 1.99. The van der Waals surface area contributed by atoms with E-state index < -0.39 is 0 Å². The van der Waals surface area contributed by atoms with Gasteiger partial charge in [-0.2, -0.15) is 0 Å². The summed E-state index contributed by atoms with van der Waals surface area (Å²) in [5.74, 6) is -0.548. The van der Waals surface area contributed by atoms with Gasteiger partial charge in [-0.1, -0.05) is 46.5 Å². The Balaban J connectivity index is 4.33. The molecule has 24 heavy (non-hydrogen) atoms. The molecular weight excluding hydrogens is 306 g/mol. The maximum absolute atomic E-state index is 12.1. The fourth-order valence-electron chi connectivity index (χ4n) is 2.27. The summed E-state index contributed by atoms with van der Waals surface area (Å²) >= 11 is 0. The van der Waals surface area contributed by atoms with Gasteiger partial charge in [0.2, 0.25) is 17.7 Å². The van der Waals surface area contributed by atoms with Gasteiger partial charge in [0.15, 0.2) is 0 Å². The first-order valence-electron chi connectivity index (χ1n) is 9.36. The van der Waals surface area contributed by atoms with Crippen molar-refractivity contribution in [3.8, 4) is 0 Å². The molecule has 140 valence electrons. The molecule has 0 spiro atoms. The molecule has 6 nitrogen and oxygen atoms in total. The van der Waals surface area contributed by atoms with E-state index >= 15 is 0 Å². The lowest BCUT2D eigenvalue weighted by molar-refractivity contribution is -0.139. The molecule has 0 bridgehead atoms. The minimum absolute atomic E-state index is 0.0483. The molecule has 0 rings (SSSR count). The summed E-state index contributed by atoms with van der Waals surface area (Å²) in [5.41, 5.74) is 0. The summed E-state index contributed by atoms with van der Waals surface area (Å²) in [6, 6.07) is 0. The van der Waals surface area contributed by atoms with E-state index in [2.05, 4.69) is 24.5 Å². The van der Waals surface area contributed by atoms with Gasteiger partial charge in [0.05, 0.1) is 0 Å². The lowest BCUT2D eigenvalue weighted by atomic mass is 10.2. The van der Waals surface area contributed by atoms with Crippen LogP contribution < -0.4 is 10.6 Å². The van der Waals surface area contributed by atoms with Gasteiger partial charge in [-0.3, -0.25) is 14.4 Å². The van der Waals surface area contributed by atoms with Crippen molar-refractivity contribution in [2.24, 2.45) is 0 Å². The number of unbranched alkanes of at least 4 members (excludes halogenated alkanes) is 4. The molecule has 2 N–H and O–H groups in total. The highest BCUT2D eigenvalue weighted by Gasteiger charge is 2.19. The second-order valence-electron chi connectivity index (χ2n) is 6.11. The number of hydrogen-bond acceptors (Lipinski definition) is 3. The number of carbonyl (C=O) groups excluding carboxylic acids is 3. The zero-order valence-corrected chi connectivity index (χ0v) is 15.7. The molecule has 0 aliphatic heterocycles. The standard InChI is InChI=1S/C18H35N3O3/c1-4-7-9-12-19-16(22)14-21(18(24)11-6-3)15-17(23)20-13-10-8-5-2/h4-15H2,1-3H3,(H,19,22)(H,20,23). The van der Waals surface area contributed by atoms with Crippen LogP contribution in [-0.2, 0) is 14.4 Å².